The Bertz CT molecular complexity index is 1480. The van der Waals surface area contributed by atoms with E-state index in [1.807, 2.05) is 0 Å². The second kappa shape index (κ2) is 7.63. The highest BCUT2D eigenvalue weighted by atomic mass is 19.1. The number of aromatic amines is 2. The van der Waals surface area contributed by atoms with Gasteiger partial charge in [0.1, 0.15) is 16.9 Å². The number of rotatable bonds is 3. The molecular formula is C26H25FN6O. The first kappa shape index (κ1) is 20.8. The monoisotopic (exact) mass is 456 g/mol. The molecule has 8 heteroatoms. The van der Waals surface area contributed by atoms with Crippen LogP contribution in [0.2, 0.25) is 0 Å². The number of hydrogen-bond donors (Lipinski definition) is 3. The lowest BCUT2D eigenvalue weighted by molar-refractivity contribution is 0.187. The minimum atomic E-state index is -0.417. The van der Waals surface area contributed by atoms with E-state index < -0.39 is 5.82 Å². The van der Waals surface area contributed by atoms with Gasteiger partial charge >= 0.3 is 0 Å². The van der Waals surface area contributed by atoms with Crippen molar-refractivity contribution < 1.29 is 4.39 Å². The van der Waals surface area contributed by atoms with Crippen LogP contribution in [0.4, 0.5) is 10.3 Å². The molecule has 0 saturated carbocycles. The average molecular weight is 457 g/mol. The largest absolute Gasteiger partial charge is 0.342 e. The van der Waals surface area contributed by atoms with Crippen molar-refractivity contribution in [1.82, 2.24) is 20.2 Å². The van der Waals surface area contributed by atoms with Gasteiger partial charge in [-0.15, -0.1) is 0 Å². The number of hydrogen-bond acceptors (Lipinski definition) is 5. The Balaban J connectivity index is 1.27. The van der Waals surface area contributed by atoms with Crippen molar-refractivity contribution in [2.75, 3.05) is 18.0 Å². The summed E-state index contributed by atoms with van der Waals surface area (Å²) in [4.78, 5) is 22.7. The van der Waals surface area contributed by atoms with Gasteiger partial charge in [0, 0.05) is 30.3 Å². The predicted molar refractivity (Wildman–Crippen MR) is 130 cm³/mol. The molecule has 4 N–H and O–H groups in total. The number of H-pyrrole nitrogens is 2. The summed E-state index contributed by atoms with van der Waals surface area (Å²) in [5, 5.41) is 7.35. The summed E-state index contributed by atoms with van der Waals surface area (Å²) in [6, 6.07) is 14.8. The zero-order chi connectivity index (χ0) is 23.4. The maximum Gasteiger partial charge on any atom is 0.264 e. The topological polar surface area (TPSA) is 104 Å². The fourth-order valence-corrected chi connectivity index (χ4v) is 5.60. The van der Waals surface area contributed by atoms with Crippen molar-refractivity contribution in [3.63, 3.8) is 0 Å². The molecule has 34 heavy (non-hydrogen) atoms. The highest BCUT2D eigenvalue weighted by Gasteiger charge is 2.46. The molecule has 0 unspecified atom stereocenters. The zero-order valence-electron chi connectivity index (χ0n) is 18.6. The molecule has 2 aromatic carbocycles. The summed E-state index contributed by atoms with van der Waals surface area (Å²) < 4.78 is 14.3. The van der Waals surface area contributed by atoms with E-state index >= 15 is 0 Å². The van der Waals surface area contributed by atoms with Gasteiger partial charge in [0.05, 0.1) is 0 Å². The number of fused-ring (bicyclic) bond motifs is 2. The Labute approximate surface area is 195 Å². The molecule has 1 atom stereocenters. The van der Waals surface area contributed by atoms with Gasteiger partial charge in [-0.1, -0.05) is 49.0 Å². The first-order valence-electron chi connectivity index (χ1n) is 11.5. The fourth-order valence-electron chi connectivity index (χ4n) is 5.60. The second-order valence-corrected chi connectivity index (χ2v) is 9.35. The molecule has 2 aromatic heterocycles. The molecule has 0 radical (unpaired) electrons. The zero-order valence-corrected chi connectivity index (χ0v) is 18.6. The van der Waals surface area contributed by atoms with E-state index in [2.05, 4.69) is 55.9 Å². The third kappa shape index (κ3) is 3.09. The number of nitrogens with two attached hydrogens (primary N) is 1. The number of aromatic nitrogens is 4. The molecule has 4 aromatic rings. The van der Waals surface area contributed by atoms with Crippen LogP contribution in [0.5, 0.6) is 0 Å². The number of piperidine rings is 1. The lowest BCUT2D eigenvalue weighted by Crippen LogP contribution is -2.45. The van der Waals surface area contributed by atoms with E-state index in [1.54, 1.807) is 18.2 Å². The smallest absolute Gasteiger partial charge is 0.264 e. The highest BCUT2D eigenvalue weighted by molar-refractivity contribution is 5.92. The van der Waals surface area contributed by atoms with Crippen molar-refractivity contribution in [1.29, 1.82) is 0 Å². The lowest BCUT2D eigenvalue weighted by atomic mass is 9.73. The number of nitrogens with zero attached hydrogens (tertiary/aromatic N) is 3. The van der Waals surface area contributed by atoms with Crippen LogP contribution in [-0.4, -0.2) is 33.3 Å². The SMILES string of the molecule is C=C(c1ccccc1F)c1n[nH]c2nc(N3CCC4(CC3)Cc3ccccc3[C@H]4N)[nH]c(=O)c12. The van der Waals surface area contributed by atoms with Crippen LogP contribution in [0, 0.1) is 11.2 Å². The normalized spacial score (nSPS) is 19.0. The number of anilines is 1. The first-order valence-corrected chi connectivity index (χ1v) is 11.5. The molecule has 1 aliphatic carbocycles. The molecule has 0 amide bonds. The highest BCUT2D eigenvalue weighted by Crippen LogP contribution is 2.50. The van der Waals surface area contributed by atoms with Crippen LogP contribution >= 0.6 is 0 Å². The van der Waals surface area contributed by atoms with Crippen LogP contribution < -0.4 is 16.2 Å². The van der Waals surface area contributed by atoms with E-state index in [0.29, 0.717) is 28.4 Å². The van der Waals surface area contributed by atoms with Crippen LogP contribution in [0.15, 0.2) is 59.9 Å². The minimum Gasteiger partial charge on any atom is -0.342 e. The fraction of sp³-hybridized carbons (Fsp3) is 0.269. The Morgan fingerprint density at radius 3 is 2.65 bits per heavy atom. The summed E-state index contributed by atoms with van der Waals surface area (Å²) in [7, 11) is 0. The molecule has 1 fully saturated rings. The van der Waals surface area contributed by atoms with Gasteiger partial charge in [-0.25, -0.2) is 4.39 Å². The molecule has 1 spiro atoms. The summed E-state index contributed by atoms with van der Waals surface area (Å²) >= 11 is 0. The van der Waals surface area contributed by atoms with Crippen molar-refractivity contribution >= 4 is 22.6 Å². The Kier molecular flexibility index (Phi) is 4.67. The quantitative estimate of drug-likeness (QED) is 0.436. The van der Waals surface area contributed by atoms with Gasteiger partial charge in [-0.05, 0) is 41.9 Å². The summed E-state index contributed by atoms with van der Waals surface area (Å²) in [6.07, 6.45) is 2.83. The van der Waals surface area contributed by atoms with E-state index in [9.17, 15) is 9.18 Å². The Hall–Kier alpha value is -3.78. The second-order valence-electron chi connectivity index (χ2n) is 9.35. The standard InChI is InChI=1S/C26H25FN6O/c1-15(17-7-4-5-9-19(17)27)21-20-23(32-31-21)29-25(30-24(20)34)33-12-10-26(11-13-33)14-16-6-2-3-8-18(16)22(26)28/h2-9,22H,1,10-14,28H2,(H2,29,30,31,32,34)/t22-/m1/s1. The van der Waals surface area contributed by atoms with Crippen molar-refractivity contribution in [3.05, 3.63) is 93.7 Å². The number of benzene rings is 2. The summed E-state index contributed by atoms with van der Waals surface area (Å²) in [5.74, 6) is 0.0855. The molecule has 7 nitrogen and oxygen atoms in total. The van der Waals surface area contributed by atoms with Gasteiger partial charge in [0.15, 0.2) is 5.65 Å². The third-order valence-electron chi connectivity index (χ3n) is 7.55. The van der Waals surface area contributed by atoms with E-state index in [1.165, 1.54) is 17.2 Å². The summed E-state index contributed by atoms with van der Waals surface area (Å²) in [6.45, 7) is 5.47. The number of nitrogens with one attached hydrogen (secondary N) is 2. The third-order valence-corrected chi connectivity index (χ3v) is 7.55. The maximum absolute atomic E-state index is 14.3. The maximum atomic E-state index is 14.3. The lowest BCUT2D eigenvalue weighted by Gasteiger charge is -2.42. The molecule has 2 aliphatic rings. The predicted octanol–water partition coefficient (Wildman–Crippen LogP) is 3.69. The van der Waals surface area contributed by atoms with E-state index in [0.717, 1.165) is 32.4 Å². The number of halogens is 1. The van der Waals surface area contributed by atoms with Crippen molar-refractivity contribution in [2.24, 2.45) is 11.1 Å². The molecule has 3 heterocycles. The molecular weight excluding hydrogens is 431 g/mol. The first-order chi connectivity index (χ1) is 16.5. The van der Waals surface area contributed by atoms with Crippen molar-refractivity contribution in [3.8, 4) is 0 Å². The average Bonchev–Trinajstić information content (AvgIpc) is 3.39. The van der Waals surface area contributed by atoms with Gasteiger partial charge < -0.3 is 10.6 Å². The minimum absolute atomic E-state index is 0.0277. The molecule has 1 saturated heterocycles. The van der Waals surface area contributed by atoms with Crippen LogP contribution in [0.25, 0.3) is 16.6 Å². The van der Waals surface area contributed by atoms with Gasteiger partial charge in [0.2, 0.25) is 5.95 Å². The molecule has 1 aliphatic heterocycles. The molecule has 172 valence electrons. The van der Waals surface area contributed by atoms with Gasteiger partial charge in [-0.2, -0.15) is 10.1 Å². The van der Waals surface area contributed by atoms with Crippen LogP contribution in [-0.2, 0) is 6.42 Å². The van der Waals surface area contributed by atoms with Gasteiger partial charge in [0.25, 0.3) is 5.56 Å². The Morgan fingerprint density at radius 1 is 1.15 bits per heavy atom. The molecule has 0 bridgehead atoms. The van der Waals surface area contributed by atoms with E-state index in [4.69, 9.17) is 5.73 Å². The van der Waals surface area contributed by atoms with Gasteiger partial charge in [-0.3, -0.25) is 14.9 Å². The van der Waals surface area contributed by atoms with Crippen LogP contribution in [0.3, 0.4) is 0 Å². The van der Waals surface area contributed by atoms with Crippen molar-refractivity contribution in [2.45, 2.75) is 25.3 Å². The Morgan fingerprint density at radius 2 is 1.88 bits per heavy atom. The summed E-state index contributed by atoms with van der Waals surface area (Å²) in [5.41, 5.74) is 10.3. The van der Waals surface area contributed by atoms with Crippen LogP contribution in [0.1, 0.15) is 41.3 Å². The van der Waals surface area contributed by atoms with E-state index in [-0.39, 0.29) is 22.4 Å². The molecule has 6 rings (SSSR count).